The van der Waals surface area contributed by atoms with E-state index >= 15 is 0 Å². The lowest BCUT2D eigenvalue weighted by Gasteiger charge is -2.34. The summed E-state index contributed by atoms with van der Waals surface area (Å²) >= 11 is 0. The van der Waals surface area contributed by atoms with Crippen molar-refractivity contribution in [2.75, 3.05) is 31.1 Å². The maximum Gasteiger partial charge on any atom is 0.0996 e. The Labute approximate surface area is 184 Å². The molecule has 1 saturated heterocycles. The molecule has 1 fully saturated rings. The average Bonchev–Trinajstić information content (AvgIpc) is 2.73. The highest BCUT2D eigenvalue weighted by atomic mass is 31.0. The molecule has 2 N–H and O–H groups in total. The van der Waals surface area contributed by atoms with Gasteiger partial charge in [0, 0.05) is 38.3 Å². The zero-order valence-electron chi connectivity index (χ0n) is 20.8. The molecule has 0 aliphatic carbocycles. The van der Waals surface area contributed by atoms with Crippen LogP contribution in [-0.2, 0) is 0 Å². The summed E-state index contributed by atoms with van der Waals surface area (Å²) in [5, 5.41) is 0. The van der Waals surface area contributed by atoms with Gasteiger partial charge in [-0.3, -0.25) is 4.67 Å². The summed E-state index contributed by atoms with van der Waals surface area (Å²) in [4.78, 5) is 7.11. The molecule has 1 atom stereocenters. The number of aliphatic imine (C=N–C) groups is 1. The number of benzene rings is 1. The fraction of sp³-hybridized carbons (Fsp3) is 0.708. The van der Waals surface area contributed by atoms with Crippen LogP contribution in [0.1, 0.15) is 85.3 Å². The van der Waals surface area contributed by atoms with E-state index in [2.05, 4.69) is 70.7 Å². The Hall–Kier alpha value is -1.12. The van der Waals surface area contributed by atoms with Crippen molar-refractivity contribution in [1.29, 1.82) is 0 Å². The Kier molecular flexibility index (Phi) is 19.6. The van der Waals surface area contributed by atoms with Gasteiger partial charge in [-0.25, -0.2) is 4.99 Å². The van der Waals surface area contributed by atoms with E-state index in [0.717, 1.165) is 57.0 Å². The van der Waals surface area contributed by atoms with Gasteiger partial charge in [0.2, 0.25) is 0 Å². The summed E-state index contributed by atoms with van der Waals surface area (Å²) < 4.78 is 2.29. The molecular weight excluding hydrogens is 375 g/mol. The quantitative estimate of drug-likeness (QED) is 0.319. The largest absolute Gasteiger partial charge is 0.387 e. The first kappa shape index (κ1) is 30.1. The number of anilines is 1. The highest BCUT2D eigenvalue weighted by Crippen LogP contribution is 2.30. The molecule has 0 aromatic heterocycles. The van der Waals surface area contributed by atoms with Crippen molar-refractivity contribution < 1.29 is 0 Å². The zero-order valence-corrected chi connectivity index (χ0v) is 22.0. The molecule has 1 aromatic rings. The highest BCUT2D eigenvalue weighted by Gasteiger charge is 2.16. The van der Waals surface area contributed by atoms with E-state index in [1.807, 2.05) is 27.7 Å². The van der Waals surface area contributed by atoms with Gasteiger partial charge >= 0.3 is 0 Å². The number of amidine groups is 1. The minimum absolute atomic E-state index is 0.748. The molecule has 1 aromatic carbocycles. The maximum absolute atomic E-state index is 6.06. The second-order valence-corrected chi connectivity index (χ2v) is 7.60. The van der Waals surface area contributed by atoms with Crippen LogP contribution in [0.15, 0.2) is 17.1 Å². The molecule has 5 heteroatoms. The van der Waals surface area contributed by atoms with Crippen LogP contribution in [0.5, 0.6) is 0 Å². The monoisotopic (exact) mass is 424 g/mol. The van der Waals surface area contributed by atoms with E-state index in [1.54, 1.807) is 0 Å². The van der Waals surface area contributed by atoms with Crippen LogP contribution in [0.2, 0.25) is 0 Å². The highest BCUT2D eigenvalue weighted by molar-refractivity contribution is 7.13. The van der Waals surface area contributed by atoms with Crippen molar-refractivity contribution in [3.63, 3.8) is 0 Å². The minimum atomic E-state index is 0.748. The fourth-order valence-electron chi connectivity index (χ4n) is 2.83. The molecule has 0 spiro atoms. The Morgan fingerprint density at radius 2 is 1.41 bits per heavy atom. The van der Waals surface area contributed by atoms with Crippen molar-refractivity contribution in [2.24, 2.45) is 10.7 Å². The topological polar surface area (TPSA) is 44.9 Å². The summed E-state index contributed by atoms with van der Waals surface area (Å²) in [6, 6.07) is 4.49. The Bertz CT molecular complexity index is 527. The van der Waals surface area contributed by atoms with Crippen LogP contribution >= 0.6 is 9.39 Å². The van der Waals surface area contributed by atoms with Crippen LogP contribution in [0.3, 0.4) is 0 Å². The third-order valence-electron chi connectivity index (χ3n) is 4.20. The van der Waals surface area contributed by atoms with Gasteiger partial charge in [-0.05, 0) is 43.5 Å². The predicted octanol–water partition coefficient (Wildman–Crippen LogP) is 6.86. The van der Waals surface area contributed by atoms with Crippen LogP contribution in [-0.4, -0.2) is 36.7 Å². The summed E-state index contributed by atoms with van der Waals surface area (Å²) in [7, 11) is 2.79. The van der Waals surface area contributed by atoms with Gasteiger partial charge in [0.15, 0.2) is 0 Å². The van der Waals surface area contributed by atoms with Gasteiger partial charge < -0.3 is 10.6 Å². The molecule has 2 rings (SSSR count). The molecule has 0 radical (unpaired) electrons. The van der Waals surface area contributed by atoms with Crippen molar-refractivity contribution >= 4 is 26.6 Å². The summed E-state index contributed by atoms with van der Waals surface area (Å²) in [5.74, 6) is 0.748. The summed E-state index contributed by atoms with van der Waals surface area (Å²) in [6.45, 7) is 23.0. The summed E-state index contributed by atoms with van der Waals surface area (Å²) in [6.07, 6.45) is 4.38. The maximum atomic E-state index is 6.06. The molecule has 29 heavy (non-hydrogen) atoms. The van der Waals surface area contributed by atoms with Gasteiger partial charge in [-0.1, -0.05) is 70.7 Å². The molecule has 1 unspecified atom stereocenters. The van der Waals surface area contributed by atoms with Gasteiger partial charge in [-0.2, -0.15) is 0 Å². The third-order valence-corrected chi connectivity index (χ3v) is 4.71. The van der Waals surface area contributed by atoms with Crippen molar-refractivity contribution in [1.82, 2.24) is 4.67 Å². The van der Waals surface area contributed by atoms with E-state index in [0.29, 0.717) is 0 Å². The van der Waals surface area contributed by atoms with Gasteiger partial charge in [0.25, 0.3) is 0 Å². The van der Waals surface area contributed by atoms with Gasteiger partial charge in [0.1, 0.15) is 0 Å². The molecule has 1 heterocycles. The number of unbranched alkanes of at least 4 members (excludes halogenated alkanes) is 1. The third kappa shape index (κ3) is 12.2. The fourth-order valence-corrected chi connectivity index (χ4v) is 3.06. The van der Waals surface area contributed by atoms with Crippen LogP contribution in [0, 0.1) is 13.8 Å². The smallest absolute Gasteiger partial charge is 0.0996 e. The Morgan fingerprint density at radius 3 is 1.83 bits per heavy atom. The minimum Gasteiger partial charge on any atom is -0.387 e. The molecule has 4 nitrogen and oxygen atoms in total. The number of hydrogen-bond acceptors (Lipinski definition) is 3. The first-order chi connectivity index (χ1) is 13.9. The number of aryl methyl sites for hydroxylation is 2. The number of rotatable bonds is 5. The van der Waals surface area contributed by atoms with E-state index in [4.69, 9.17) is 5.73 Å². The van der Waals surface area contributed by atoms with Crippen molar-refractivity contribution in [3.05, 3.63) is 23.3 Å². The number of piperazine rings is 1. The lowest BCUT2D eigenvalue weighted by Crippen LogP contribution is -2.42. The van der Waals surface area contributed by atoms with Crippen molar-refractivity contribution in [3.8, 4) is 0 Å². The first-order valence-electron chi connectivity index (χ1n) is 11.6. The van der Waals surface area contributed by atoms with E-state index in [1.165, 1.54) is 23.2 Å². The molecule has 1 aliphatic rings. The van der Waals surface area contributed by atoms with Crippen LogP contribution < -0.4 is 10.6 Å². The number of nitrogens with zero attached hydrogens (tertiary/aromatic N) is 3. The number of hydrogen-bond donors (Lipinski definition) is 1. The lowest BCUT2D eigenvalue weighted by molar-refractivity contribution is 0.428. The molecule has 0 bridgehead atoms. The van der Waals surface area contributed by atoms with E-state index in [-0.39, 0.29) is 0 Å². The molecule has 0 amide bonds. The van der Waals surface area contributed by atoms with Crippen LogP contribution in [0.25, 0.3) is 0 Å². The van der Waals surface area contributed by atoms with Crippen LogP contribution in [0.4, 0.5) is 11.4 Å². The zero-order chi connectivity index (χ0) is 22.8. The lowest BCUT2D eigenvalue weighted by atomic mass is 10.1. The van der Waals surface area contributed by atoms with Crippen molar-refractivity contribution in [2.45, 2.75) is 88.0 Å². The SMILES string of the molecule is CC.CC.CCC.CCCCC(N)=Nc1c(C)cc(N2CCN(P)CC2)cc1C. The van der Waals surface area contributed by atoms with Gasteiger partial charge in [-0.15, -0.1) is 0 Å². The predicted molar refractivity (Wildman–Crippen MR) is 139 cm³/mol. The van der Waals surface area contributed by atoms with E-state index in [9.17, 15) is 0 Å². The van der Waals surface area contributed by atoms with Gasteiger partial charge in [0.05, 0.1) is 11.5 Å². The Balaban J connectivity index is 0. The molecule has 0 saturated carbocycles. The normalized spacial score (nSPS) is 14.0. The average molecular weight is 425 g/mol. The first-order valence-corrected chi connectivity index (χ1v) is 12.1. The number of nitrogens with two attached hydrogens (primary N) is 1. The molecule has 1 aliphatic heterocycles. The second kappa shape index (κ2) is 18.9. The molecule has 170 valence electrons. The summed E-state index contributed by atoms with van der Waals surface area (Å²) in [5.41, 5.74) is 10.8. The standard InChI is InChI=1S/C17H29N4P.C3H8.2C2H6/c1-4-5-6-16(18)19-17-13(2)11-15(12-14(17)3)20-7-9-21(22)10-8-20;1-3-2;2*1-2/h11-12H,4-10,22H2,1-3H3,(H2,18,19);3H2,1-2H3;2*1-2H3. The van der Waals surface area contributed by atoms with E-state index < -0.39 is 0 Å². The Morgan fingerprint density at radius 1 is 0.966 bits per heavy atom. The second-order valence-electron chi connectivity index (χ2n) is 6.86. The molecular formula is C24H49N4P.